The van der Waals surface area contributed by atoms with Crippen LogP contribution < -0.4 is 15.5 Å². The molecule has 0 bridgehead atoms. The molecule has 2 aromatic rings. The summed E-state index contributed by atoms with van der Waals surface area (Å²) in [5, 5.41) is 5.80. The minimum Gasteiger partial charge on any atom is -0.341 e. The Morgan fingerprint density at radius 2 is 2.23 bits per heavy atom. The smallest absolute Gasteiger partial charge is 0.321 e. The highest BCUT2D eigenvalue weighted by Gasteiger charge is 2.34. The lowest BCUT2D eigenvalue weighted by molar-refractivity contribution is -0.910. The first kappa shape index (κ1) is 14.9. The van der Waals surface area contributed by atoms with Crippen LogP contribution in [0.25, 0.3) is 10.2 Å². The predicted octanol–water partition coefficient (Wildman–Crippen LogP) is 0.472. The topological polar surface area (TPSA) is 75.5 Å². The summed E-state index contributed by atoms with van der Waals surface area (Å²) in [6, 6.07) is 7.88. The van der Waals surface area contributed by atoms with Gasteiger partial charge in [-0.1, -0.05) is 12.1 Å². The summed E-state index contributed by atoms with van der Waals surface area (Å²) in [6.07, 6.45) is 2.10. The fraction of sp³-hybridized carbons (Fsp3) is 0.400. The first-order valence-corrected chi connectivity index (χ1v) is 8.20. The lowest BCUT2D eigenvalue weighted by atomic mass is 10.2. The lowest BCUT2D eigenvalue weighted by Gasteiger charge is -2.18. The van der Waals surface area contributed by atoms with E-state index < -0.39 is 6.03 Å². The second-order valence-corrected chi connectivity index (χ2v) is 6.49. The normalized spacial score (nSPS) is 21.0. The van der Waals surface area contributed by atoms with Crippen molar-refractivity contribution >= 4 is 33.5 Å². The number of benzene rings is 1. The van der Waals surface area contributed by atoms with Crippen molar-refractivity contribution in [2.75, 3.05) is 20.1 Å². The number of thiazole rings is 1. The Morgan fingerprint density at radius 1 is 1.41 bits per heavy atom. The van der Waals surface area contributed by atoms with Crippen LogP contribution in [-0.4, -0.2) is 37.1 Å². The van der Waals surface area contributed by atoms with E-state index in [1.165, 1.54) is 16.6 Å². The third kappa shape index (κ3) is 3.10. The number of likely N-dealkylation sites (tertiary alicyclic amines) is 1. The SMILES string of the molecule is CNC(=O)NC(=O)C[NH+]1CCC[C@H]1c1nc2ccccc2s1. The fourth-order valence-electron chi connectivity index (χ4n) is 2.90. The zero-order valence-corrected chi connectivity index (χ0v) is 13.2. The fourth-order valence-corrected chi connectivity index (χ4v) is 4.06. The molecule has 1 aliphatic heterocycles. The van der Waals surface area contributed by atoms with Crippen LogP contribution in [0.5, 0.6) is 0 Å². The summed E-state index contributed by atoms with van der Waals surface area (Å²) in [5.74, 6) is -0.248. The molecule has 22 heavy (non-hydrogen) atoms. The average molecular weight is 319 g/mol. The minimum atomic E-state index is -0.458. The van der Waals surface area contributed by atoms with Crippen LogP contribution in [0.2, 0.25) is 0 Å². The summed E-state index contributed by atoms with van der Waals surface area (Å²) >= 11 is 1.70. The number of aromatic nitrogens is 1. The van der Waals surface area contributed by atoms with E-state index in [9.17, 15) is 9.59 Å². The molecule has 1 fully saturated rings. The molecule has 1 aliphatic rings. The predicted molar refractivity (Wildman–Crippen MR) is 84.9 cm³/mol. The Labute approximate surface area is 132 Å². The molecule has 1 unspecified atom stereocenters. The number of hydrogen-bond donors (Lipinski definition) is 3. The van der Waals surface area contributed by atoms with Crippen LogP contribution >= 0.6 is 11.3 Å². The van der Waals surface area contributed by atoms with Gasteiger partial charge >= 0.3 is 6.03 Å². The lowest BCUT2D eigenvalue weighted by Crippen LogP contribution is -3.11. The molecule has 3 N–H and O–H groups in total. The number of nitrogens with zero attached hydrogens (tertiary/aromatic N) is 1. The van der Waals surface area contributed by atoms with E-state index in [2.05, 4.69) is 16.7 Å². The first-order chi connectivity index (χ1) is 10.7. The molecule has 0 aliphatic carbocycles. The van der Waals surface area contributed by atoms with Gasteiger partial charge in [0.1, 0.15) is 6.04 Å². The number of fused-ring (bicyclic) bond motifs is 1. The molecule has 0 spiro atoms. The maximum atomic E-state index is 11.9. The standard InChI is InChI=1S/C15H18N4O2S/c1-16-15(21)18-13(20)9-19-8-4-6-11(19)14-17-10-5-2-3-7-12(10)22-14/h2-3,5,7,11H,4,6,8-9H2,1H3,(H2,16,18,20,21)/p+1/t11-/m0/s1. The summed E-state index contributed by atoms with van der Waals surface area (Å²) in [7, 11) is 1.50. The Balaban J connectivity index is 1.72. The van der Waals surface area contributed by atoms with Gasteiger partial charge in [0.2, 0.25) is 0 Å². The van der Waals surface area contributed by atoms with Gasteiger partial charge in [0.15, 0.2) is 11.6 Å². The van der Waals surface area contributed by atoms with Gasteiger partial charge < -0.3 is 10.2 Å². The third-order valence-corrected chi connectivity index (χ3v) is 5.11. The number of rotatable bonds is 3. The number of urea groups is 1. The molecule has 3 rings (SSSR count). The highest BCUT2D eigenvalue weighted by Crippen LogP contribution is 2.28. The van der Waals surface area contributed by atoms with E-state index in [4.69, 9.17) is 4.98 Å². The Kier molecular flexibility index (Phi) is 4.35. The van der Waals surface area contributed by atoms with E-state index in [1.807, 2.05) is 18.2 Å². The van der Waals surface area contributed by atoms with Gasteiger partial charge in [0.05, 0.1) is 16.8 Å². The van der Waals surface area contributed by atoms with Crippen molar-refractivity contribution in [2.45, 2.75) is 18.9 Å². The van der Waals surface area contributed by atoms with Gasteiger partial charge in [-0.05, 0) is 12.1 Å². The molecular weight excluding hydrogens is 300 g/mol. The van der Waals surface area contributed by atoms with Crippen molar-refractivity contribution in [1.29, 1.82) is 0 Å². The molecule has 116 valence electrons. The number of nitrogens with one attached hydrogen (secondary N) is 3. The van der Waals surface area contributed by atoms with Crippen molar-refractivity contribution in [1.82, 2.24) is 15.6 Å². The highest BCUT2D eigenvalue weighted by molar-refractivity contribution is 7.18. The van der Waals surface area contributed by atoms with Gasteiger partial charge in [-0.3, -0.25) is 10.1 Å². The number of carbonyl (C=O) groups is 2. The van der Waals surface area contributed by atoms with Gasteiger partial charge in [-0.15, -0.1) is 11.3 Å². The van der Waals surface area contributed by atoms with Gasteiger partial charge in [-0.25, -0.2) is 9.78 Å². The van der Waals surface area contributed by atoms with E-state index in [0.717, 1.165) is 29.9 Å². The van der Waals surface area contributed by atoms with E-state index in [0.29, 0.717) is 6.54 Å². The summed E-state index contributed by atoms with van der Waals surface area (Å²) < 4.78 is 1.18. The van der Waals surface area contributed by atoms with Crippen LogP contribution in [0, 0.1) is 0 Å². The van der Waals surface area contributed by atoms with Crippen molar-refractivity contribution in [2.24, 2.45) is 0 Å². The number of hydrogen-bond acceptors (Lipinski definition) is 4. The average Bonchev–Trinajstić information content (AvgIpc) is 3.12. The molecule has 0 saturated carbocycles. The number of amides is 3. The maximum Gasteiger partial charge on any atom is 0.321 e. The minimum absolute atomic E-state index is 0.243. The van der Waals surface area contributed by atoms with Crippen LogP contribution in [0.1, 0.15) is 23.9 Å². The second-order valence-electron chi connectivity index (χ2n) is 5.43. The highest BCUT2D eigenvalue weighted by atomic mass is 32.1. The number of carbonyl (C=O) groups excluding carboxylic acids is 2. The van der Waals surface area contributed by atoms with Crippen molar-refractivity contribution in [3.63, 3.8) is 0 Å². The third-order valence-electron chi connectivity index (χ3n) is 3.96. The Hall–Kier alpha value is -1.99. The summed E-state index contributed by atoms with van der Waals surface area (Å²) in [5.41, 5.74) is 1.02. The molecule has 1 aromatic heterocycles. The number of imide groups is 1. The first-order valence-electron chi connectivity index (χ1n) is 7.39. The Bertz CT molecular complexity index is 667. The number of para-hydroxylation sites is 1. The van der Waals surface area contributed by atoms with E-state index >= 15 is 0 Å². The zero-order valence-electron chi connectivity index (χ0n) is 12.4. The van der Waals surface area contributed by atoms with Gasteiger partial charge in [0, 0.05) is 19.9 Å². The number of quaternary nitrogens is 1. The second kappa shape index (κ2) is 6.41. The Morgan fingerprint density at radius 3 is 3.00 bits per heavy atom. The van der Waals surface area contributed by atoms with Crippen molar-refractivity contribution < 1.29 is 14.5 Å². The summed E-state index contributed by atoms with van der Waals surface area (Å²) in [4.78, 5) is 29.0. The largest absolute Gasteiger partial charge is 0.341 e. The molecule has 1 aromatic carbocycles. The molecule has 0 radical (unpaired) electrons. The molecule has 2 atom stereocenters. The van der Waals surface area contributed by atoms with Gasteiger partial charge in [-0.2, -0.15) is 0 Å². The van der Waals surface area contributed by atoms with E-state index in [1.54, 1.807) is 11.3 Å². The molecule has 3 amide bonds. The zero-order chi connectivity index (χ0) is 15.5. The van der Waals surface area contributed by atoms with Crippen LogP contribution in [0.4, 0.5) is 4.79 Å². The van der Waals surface area contributed by atoms with Crippen LogP contribution in [0.3, 0.4) is 0 Å². The summed E-state index contributed by atoms with van der Waals surface area (Å²) in [6.45, 7) is 1.23. The maximum absolute atomic E-state index is 11.9. The van der Waals surface area contributed by atoms with Crippen LogP contribution in [-0.2, 0) is 4.79 Å². The molecule has 6 nitrogen and oxygen atoms in total. The van der Waals surface area contributed by atoms with Gasteiger partial charge in [0.25, 0.3) is 5.91 Å². The van der Waals surface area contributed by atoms with E-state index in [-0.39, 0.29) is 11.9 Å². The monoisotopic (exact) mass is 319 g/mol. The molecule has 1 saturated heterocycles. The molecule has 7 heteroatoms. The van der Waals surface area contributed by atoms with Crippen molar-refractivity contribution in [3.05, 3.63) is 29.3 Å². The molecular formula is C15H19N4O2S+. The quantitative estimate of drug-likeness (QED) is 0.770. The van der Waals surface area contributed by atoms with Crippen LogP contribution in [0.15, 0.2) is 24.3 Å². The molecule has 2 heterocycles. The van der Waals surface area contributed by atoms with Crippen molar-refractivity contribution in [3.8, 4) is 0 Å².